The van der Waals surface area contributed by atoms with E-state index in [1.807, 2.05) is 18.2 Å². The molecule has 0 unspecified atom stereocenters. The van der Waals surface area contributed by atoms with E-state index in [1.165, 1.54) is 11.1 Å². The average Bonchev–Trinajstić information content (AvgIpc) is 2.34. The van der Waals surface area contributed by atoms with Gasteiger partial charge in [0.2, 0.25) is 0 Å². The molecule has 18 heavy (non-hydrogen) atoms. The summed E-state index contributed by atoms with van der Waals surface area (Å²) in [6.45, 7) is 0.821. The van der Waals surface area contributed by atoms with Crippen LogP contribution >= 0.6 is 27.5 Å². The molecule has 0 atom stereocenters. The van der Waals surface area contributed by atoms with Gasteiger partial charge >= 0.3 is 0 Å². The van der Waals surface area contributed by atoms with E-state index in [9.17, 15) is 0 Å². The normalized spacial score (nSPS) is 13.0. The van der Waals surface area contributed by atoms with E-state index < -0.39 is 0 Å². The number of fused-ring (bicyclic) bond motifs is 2. The van der Waals surface area contributed by atoms with Gasteiger partial charge in [-0.2, -0.15) is 0 Å². The number of anilines is 1. The lowest BCUT2D eigenvalue weighted by molar-refractivity contribution is 1.14. The van der Waals surface area contributed by atoms with Gasteiger partial charge in [-0.15, -0.1) is 0 Å². The van der Waals surface area contributed by atoms with Crippen LogP contribution in [0.15, 0.2) is 40.9 Å². The highest BCUT2D eigenvalue weighted by molar-refractivity contribution is 9.10. The van der Waals surface area contributed by atoms with Gasteiger partial charge in [0.05, 0.1) is 0 Å². The smallest absolute Gasteiger partial charge is 0.0417 e. The molecule has 2 aromatic carbocycles. The number of benzene rings is 2. The predicted octanol–water partition coefficient (Wildman–Crippen LogP) is 5.20. The molecule has 90 valence electrons. The Kier molecular flexibility index (Phi) is 3.14. The number of halogens is 2. The second-order valence-corrected chi connectivity index (χ2v) is 5.61. The summed E-state index contributed by atoms with van der Waals surface area (Å²) in [7, 11) is 0. The van der Waals surface area contributed by atoms with Gasteiger partial charge in [-0.05, 0) is 47.0 Å². The topological polar surface area (TPSA) is 12.0 Å². The molecule has 3 rings (SSSR count). The van der Waals surface area contributed by atoms with Gasteiger partial charge in [-0.3, -0.25) is 0 Å². The molecule has 1 N–H and O–H groups in total. The summed E-state index contributed by atoms with van der Waals surface area (Å²) < 4.78 is 1.10. The fraction of sp³-hybridized carbons (Fsp3) is 0.0667. The molecule has 0 amide bonds. The lowest BCUT2D eigenvalue weighted by atomic mass is 10.0. The van der Waals surface area contributed by atoms with Gasteiger partial charge < -0.3 is 5.32 Å². The molecule has 0 spiro atoms. The first kappa shape index (κ1) is 11.8. The van der Waals surface area contributed by atoms with Crippen LogP contribution in [0.4, 0.5) is 5.69 Å². The lowest BCUT2D eigenvalue weighted by Gasteiger charge is -2.15. The first-order chi connectivity index (χ1) is 8.72. The summed E-state index contributed by atoms with van der Waals surface area (Å²) in [4.78, 5) is 0. The van der Waals surface area contributed by atoms with Gasteiger partial charge in [0, 0.05) is 21.7 Å². The largest absolute Gasteiger partial charge is 0.380 e. The molecule has 0 fully saturated rings. The maximum atomic E-state index is 6.03. The van der Waals surface area contributed by atoms with Crippen molar-refractivity contribution in [2.24, 2.45) is 0 Å². The third-order valence-corrected chi connectivity index (χ3v) is 3.76. The summed E-state index contributed by atoms with van der Waals surface area (Å²) in [5, 5.41) is 4.20. The predicted molar refractivity (Wildman–Crippen MR) is 81.8 cm³/mol. The summed E-state index contributed by atoms with van der Waals surface area (Å²) in [6, 6.07) is 12.2. The van der Waals surface area contributed by atoms with Crippen molar-refractivity contribution in [3.63, 3.8) is 0 Å². The van der Waals surface area contributed by atoms with Crippen LogP contribution in [0.2, 0.25) is 5.02 Å². The Morgan fingerprint density at radius 3 is 2.72 bits per heavy atom. The van der Waals surface area contributed by atoms with Crippen molar-refractivity contribution in [2.45, 2.75) is 6.54 Å². The van der Waals surface area contributed by atoms with Crippen LogP contribution in [-0.2, 0) is 6.54 Å². The summed E-state index contributed by atoms with van der Waals surface area (Å²) in [6.07, 6.45) is 4.23. The van der Waals surface area contributed by atoms with Crippen LogP contribution in [0.3, 0.4) is 0 Å². The zero-order chi connectivity index (χ0) is 12.5. The molecule has 1 heterocycles. The number of hydrogen-bond donors (Lipinski definition) is 1. The molecule has 1 aliphatic rings. The SMILES string of the molecule is Clc1ccc2c(c1)C=Cc1cc(Br)ccc1CN2. The molecule has 0 aliphatic carbocycles. The van der Waals surface area contributed by atoms with E-state index in [4.69, 9.17) is 11.6 Å². The Morgan fingerprint density at radius 1 is 1.00 bits per heavy atom. The molecule has 0 saturated heterocycles. The van der Waals surface area contributed by atoms with E-state index >= 15 is 0 Å². The van der Waals surface area contributed by atoms with Gasteiger partial charge in [-0.25, -0.2) is 0 Å². The van der Waals surface area contributed by atoms with Crippen LogP contribution in [0.1, 0.15) is 16.7 Å². The van der Waals surface area contributed by atoms with Gasteiger partial charge in [0.25, 0.3) is 0 Å². The fourth-order valence-corrected chi connectivity index (χ4v) is 2.64. The average molecular weight is 321 g/mol. The molecular weight excluding hydrogens is 310 g/mol. The highest BCUT2D eigenvalue weighted by Crippen LogP contribution is 2.27. The Labute approximate surface area is 120 Å². The van der Waals surface area contributed by atoms with E-state index in [-0.39, 0.29) is 0 Å². The Bertz CT molecular complexity index is 579. The van der Waals surface area contributed by atoms with Crippen molar-refractivity contribution < 1.29 is 0 Å². The third kappa shape index (κ3) is 2.31. The van der Waals surface area contributed by atoms with Crippen LogP contribution in [0.5, 0.6) is 0 Å². The minimum Gasteiger partial charge on any atom is -0.380 e. The van der Waals surface area contributed by atoms with Crippen LogP contribution in [0.25, 0.3) is 12.2 Å². The first-order valence-electron chi connectivity index (χ1n) is 5.72. The number of rotatable bonds is 0. The van der Waals surface area contributed by atoms with Crippen LogP contribution in [0, 0.1) is 0 Å². The zero-order valence-corrected chi connectivity index (χ0v) is 11.9. The number of nitrogens with one attached hydrogen (secondary N) is 1. The second-order valence-electron chi connectivity index (χ2n) is 4.26. The molecular formula is C15H11BrClN. The zero-order valence-electron chi connectivity index (χ0n) is 9.58. The molecule has 0 radical (unpaired) electrons. The van der Waals surface area contributed by atoms with Gasteiger partial charge in [0.15, 0.2) is 0 Å². The molecule has 3 heteroatoms. The van der Waals surface area contributed by atoms with E-state index in [0.29, 0.717) is 0 Å². The van der Waals surface area contributed by atoms with E-state index in [0.717, 1.165) is 27.3 Å². The first-order valence-corrected chi connectivity index (χ1v) is 6.89. The molecule has 1 aliphatic heterocycles. The lowest BCUT2D eigenvalue weighted by Crippen LogP contribution is -2.04. The highest BCUT2D eigenvalue weighted by Gasteiger charge is 2.07. The monoisotopic (exact) mass is 319 g/mol. The second kappa shape index (κ2) is 4.79. The van der Waals surface area contributed by atoms with Crippen LogP contribution < -0.4 is 5.32 Å². The third-order valence-electron chi connectivity index (χ3n) is 3.03. The molecule has 0 aromatic heterocycles. The van der Waals surface area contributed by atoms with Gasteiger partial charge in [0.1, 0.15) is 0 Å². The summed E-state index contributed by atoms with van der Waals surface area (Å²) in [5.74, 6) is 0. The van der Waals surface area contributed by atoms with Crippen LogP contribution in [-0.4, -0.2) is 0 Å². The molecule has 1 nitrogen and oxygen atoms in total. The Morgan fingerprint density at radius 2 is 1.83 bits per heavy atom. The summed E-state index contributed by atoms with van der Waals surface area (Å²) in [5.41, 5.74) is 4.75. The Hall–Kier alpha value is -1.25. The van der Waals surface area contributed by atoms with E-state index in [1.54, 1.807) is 0 Å². The minimum absolute atomic E-state index is 0.759. The number of hydrogen-bond acceptors (Lipinski definition) is 1. The van der Waals surface area contributed by atoms with Crippen molar-refractivity contribution in [1.29, 1.82) is 0 Å². The van der Waals surface area contributed by atoms with Crippen molar-refractivity contribution in [3.8, 4) is 0 Å². The summed E-state index contributed by atoms with van der Waals surface area (Å²) >= 11 is 9.53. The van der Waals surface area contributed by atoms with E-state index in [2.05, 4.69) is 51.6 Å². The quantitative estimate of drug-likeness (QED) is 0.703. The van der Waals surface area contributed by atoms with Crippen molar-refractivity contribution >= 4 is 45.4 Å². The standard InChI is InChI=1S/C15H11BrClN/c16-13-4-3-12-9-18-15-6-5-14(17)8-11(15)2-1-10(12)7-13/h1-8,18H,9H2. The maximum absolute atomic E-state index is 6.03. The maximum Gasteiger partial charge on any atom is 0.0417 e. The fourth-order valence-electron chi connectivity index (χ4n) is 2.08. The molecule has 2 aromatic rings. The van der Waals surface area contributed by atoms with Crippen molar-refractivity contribution in [1.82, 2.24) is 0 Å². The molecule has 0 bridgehead atoms. The minimum atomic E-state index is 0.759. The van der Waals surface area contributed by atoms with Crippen molar-refractivity contribution in [2.75, 3.05) is 5.32 Å². The van der Waals surface area contributed by atoms with Gasteiger partial charge in [-0.1, -0.05) is 45.7 Å². The molecule has 0 saturated carbocycles. The van der Waals surface area contributed by atoms with Crippen molar-refractivity contribution in [3.05, 3.63) is 62.6 Å². The Balaban J connectivity index is 2.10. The highest BCUT2D eigenvalue weighted by atomic mass is 79.9.